The van der Waals surface area contributed by atoms with Gasteiger partial charge in [-0.1, -0.05) is 77.3 Å². The number of Topliss-reactive ketones (excluding diaryl/α,β-unsaturated/α-hetero) is 1. The van der Waals surface area contributed by atoms with Gasteiger partial charge in [-0.2, -0.15) is 4.72 Å². The van der Waals surface area contributed by atoms with E-state index in [9.17, 15) is 13.2 Å². The lowest BCUT2D eigenvalue weighted by Crippen LogP contribution is -2.54. The first-order valence-electron chi connectivity index (χ1n) is 9.07. The van der Waals surface area contributed by atoms with E-state index in [4.69, 9.17) is 34.8 Å². The number of nitrogens with one attached hydrogen (secondary N) is 2. The molecule has 0 spiro atoms. The molecule has 0 saturated heterocycles. The lowest BCUT2D eigenvalue weighted by molar-refractivity contribution is 0.103. The standard InChI is InChI=1S/C22H15Cl3N2O3S/c23-14-10-12-15(13-11-14)26-22(27-31(29,30)16-6-2-1-3-7-16)18-9-5-4-8-17(18)20(28)19(24)21(22)25/h1-13,26-27H. The van der Waals surface area contributed by atoms with Gasteiger partial charge in [0.15, 0.2) is 5.66 Å². The molecular weight excluding hydrogens is 479 g/mol. The number of carbonyl (C=O) groups excluding carboxylic acids is 1. The zero-order valence-corrected chi connectivity index (χ0v) is 18.9. The van der Waals surface area contributed by atoms with Crippen molar-refractivity contribution >= 4 is 56.3 Å². The third-order valence-corrected chi connectivity index (χ3v) is 7.46. The summed E-state index contributed by atoms with van der Waals surface area (Å²) in [5.74, 6) is -0.491. The maximum absolute atomic E-state index is 13.3. The van der Waals surface area contributed by atoms with Gasteiger partial charge in [0.1, 0.15) is 5.03 Å². The lowest BCUT2D eigenvalue weighted by Gasteiger charge is -2.40. The number of hydrogen-bond acceptors (Lipinski definition) is 4. The fraction of sp³-hybridized carbons (Fsp3) is 0.0455. The first-order chi connectivity index (χ1) is 14.7. The Morgan fingerprint density at radius 1 is 0.774 bits per heavy atom. The summed E-state index contributed by atoms with van der Waals surface area (Å²) in [6.45, 7) is 0. The fourth-order valence-electron chi connectivity index (χ4n) is 3.37. The van der Waals surface area contributed by atoms with E-state index in [1.807, 2.05) is 0 Å². The highest BCUT2D eigenvalue weighted by molar-refractivity contribution is 7.89. The van der Waals surface area contributed by atoms with E-state index < -0.39 is 21.5 Å². The van der Waals surface area contributed by atoms with Gasteiger partial charge in [0, 0.05) is 21.8 Å². The summed E-state index contributed by atoms with van der Waals surface area (Å²) in [4.78, 5) is 12.8. The van der Waals surface area contributed by atoms with Crippen molar-refractivity contribution in [2.75, 3.05) is 5.32 Å². The second-order valence-corrected chi connectivity index (χ2v) is 9.68. The van der Waals surface area contributed by atoms with E-state index in [0.29, 0.717) is 16.3 Å². The zero-order valence-electron chi connectivity index (χ0n) is 15.8. The van der Waals surface area contributed by atoms with Gasteiger partial charge in [0.2, 0.25) is 15.8 Å². The molecule has 0 heterocycles. The lowest BCUT2D eigenvalue weighted by atomic mass is 9.86. The van der Waals surface area contributed by atoms with Crippen LogP contribution in [0.1, 0.15) is 15.9 Å². The number of halogens is 3. The highest BCUT2D eigenvalue weighted by Gasteiger charge is 2.47. The van der Waals surface area contributed by atoms with Crippen molar-refractivity contribution < 1.29 is 13.2 Å². The van der Waals surface area contributed by atoms with Crippen LogP contribution in [0, 0.1) is 0 Å². The fourth-order valence-corrected chi connectivity index (χ4v) is 5.37. The molecule has 158 valence electrons. The van der Waals surface area contributed by atoms with Crippen LogP contribution in [-0.2, 0) is 15.7 Å². The number of rotatable bonds is 5. The number of allylic oxidation sites excluding steroid dienone is 1. The Hall–Kier alpha value is -2.35. The quantitative estimate of drug-likeness (QED) is 0.462. The summed E-state index contributed by atoms with van der Waals surface area (Å²) in [5, 5.41) is 3.16. The van der Waals surface area contributed by atoms with Gasteiger partial charge in [-0.05, 0) is 36.4 Å². The van der Waals surface area contributed by atoms with Gasteiger partial charge in [-0.15, -0.1) is 0 Å². The monoisotopic (exact) mass is 492 g/mol. The third-order valence-electron chi connectivity index (χ3n) is 4.81. The molecule has 9 heteroatoms. The number of anilines is 1. The molecule has 0 amide bonds. The maximum atomic E-state index is 13.3. The summed E-state index contributed by atoms with van der Waals surface area (Å²) in [5.41, 5.74) is -0.670. The van der Waals surface area contributed by atoms with Crippen LogP contribution in [0.2, 0.25) is 5.02 Å². The second kappa shape index (κ2) is 8.30. The Kier molecular flexibility index (Phi) is 5.85. The van der Waals surface area contributed by atoms with Crippen molar-refractivity contribution in [3.63, 3.8) is 0 Å². The normalized spacial score (nSPS) is 18.6. The molecule has 4 rings (SSSR count). The number of fused-ring (bicyclic) bond motifs is 1. The summed E-state index contributed by atoms with van der Waals surface area (Å²) < 4.78 is 29.3. The smallest absolute Gasteiger partial charge is 0.243 e. The summed E-state index contributed by atoms with van der Waals surface area (Å²) in [6.07, 6.45) is 0. The van der Waals surface area contributed by atoms with Gasteiger partial charge in [0.05, 0.1) is 9.93 Å². The summed E-state index contributed by atoms with van der Waals surface area (Å²) in [7, 11) is -4.09. The molecule has 0 radical (unpaired) electrons. The molecule has 1 unspecified atom stereocenters. The van der Waals surface area contributed by atoms with E-state index in [2.05, 4.69) is 10.0 Å². The average molecular weight is 494 g/mol. The van der Waals surface area contributed by atoms with E-state index in [0.717, 1.165) is 0 Å². The van der Waals surface area contributed by atoms with Crippen LogP contribution in [0.5, 0.6) is 0 Å². The van der Waals surface area contributed by atoms with Crippen molar-refractivity contribution in [1.29, 1.82) is 0 Å². The minimum Gasteiger partial charge on any atom is -0.358 e. The molecule has 1 aliphatic carbocycles. The van der Waals surface area contributed by atoms with Crippen molar-refractivity contribution in [3.8, 4) is 0 Å². The maximum Gasteiger partial charge on any atom is 0.243 e. The SMILES string of the molecule is O=C1C(Cl)=C(Cl)C(Nc2ccc(Cl)cc2)(NS(=O)(=O)c2ccccc2)c2ccccc21. The van der Waals surface area contributed by atoms with Crippen LogP contribution in [0.25, 0.3) is 0 Å². The Morgan fingerprint density at radius 2 is 1.39 bits per heavy atom. The number of carbonyl (C=O) groups is 1. The Morgan fingerprint density at radius 3 is 2.06 bits per heavy atom. The van der Waals surface area contributed by atoms with Crippen LogP contribution in [0.15, 0.2) is 93.8 Å². The Labute approximate surface area is 194 Å². The molecule has 31 heavy (non-hydrogen) atoms. The van der Waals surface area contributed by atoms with Crippen LogP contribution < -0.4 is 10.0 Å². The molecule has 0 saturated carbocycles. The predicted molar refractivity (Wildman–Crippen MR) is 123 cm³/mol. The number of benzene rings is 3. The second-order valence-electron chi connectivity index (χ2n) is 6.80. The highest BCUT2D eigenvalue weighted by Crippen LogP contribution is 2.44. The van der Waals surface area contributed by atoms with E-state index in [1.54, 1.807) is 66.7 Å². The third kappa shape index (κ3) is 3.97. The number of sulfonamides is 1. The van der Waals surface area contributed by atoms with Crippen molar-refractivity contribution in [2.24, 2.45) is 0 Å². The summed E-state index contributed by atoms with van der Waals surface area (Å²) >= 11 is 18.9. The molecule has 0 aliphatic heterocycles. The molecule has 3 aromatic rings. The Balaban J connectivity index is 1.95. The van der Waals surface area contributed by atoms with E-state index in [1.165, 1.54) is 12.1 Å². The van der Waals surface area contributed by atoms with Gasteiger partial charge < -0.3 is 5.32 Å². The Bertz CT molecular complexity index is 1290. The van der Waals surface area contributed by atoms with Gasteiger partial charge in [0.25, 0.3) is 0 Å². The van der Waals surface area contributed by atoms with Crippen LogP contribution in [0.3, 0.4) is 0 Å². The minimum atomic E-state index is -4.09. The first-order valence-corrected chi connectivity index (χ1v) is 11.7. The molecular formula is C22H15Cl3N2O3S. The molecule has 2 N–H and O–H groups in total. The molecule has 1 atom stereocenters. The average Bonchev–Trinajstić information content (AvgIpc) is 2.78. The van der Waals surface area contributed by atoms with Crippen molar-refractivity contribution in [1.82, 2.24) is 4.72 Å². The van der Waals surface area contributed by atoms with Crippen LogP contribution in [-0.4, -0.2) is 14.2 Å². The predicted octanol–water partition coefficient (Wildman–Crippen LogP) is 5.47. The van der Waals surface area contributed by atoms with Crippen LogP contribution in [0.4, 0.5) is 5.69 Å². The molecule has 3 aromatic carbocycles. The van der Waals surface area contributed by atoms with Crippen LogP contribution >= 0.6 is 34.8 Å². The first kappa shape index (κ1) is 21.9. The zero-order chi connectivity index (χ0) is 22.2. The molecule has 1 aliphatic rings. The van der Waals surface area contributed by atoms with Gasteiger partial charge >= 0.3 is 0 Å². The molecule has 0 aromatic heterocycles. The molecule has 5 nitrogen and oxygen atoms in total. The van der Waals surface area contributed by atoms with Gasteiger partial charge in [-0.25, -0.2) is 8.42 Å². The van der Waals surface area contributed by atoms with E-state index >= 15 is 0 Å². The number of hydrogen-bond donors (Lipinski definition) is 2. The van der Waals surface area contributed by atoms with Gasteiger partial charge in [-0.3, -0.25) is 4.79 Å². The molecule has 0 bridgehead atoms. The largest absolute Gasteiger partial charge is 0.358 e. The topological polar surface area (TPSA) is 75.3 Å². The highest BCUT2D eigenvalue weighted by atomic mass is 35.5. The minimum absolute atomic E-state index is 0.0299. The summed E-state index contributed by atoms with van der Waals surface area (Å²) in [6, 6.07) is 21.0. The molecule has 0 fully saturated rings. The van der Waals surface area contributed by atoms with E-state index in [-0.39, 0.29) is 20.5 Å². The van der Waals surface area contributed by atoms with Crippen molar-refractivity contribution in [2.45, 2.75) is 10.6 Å². The van der Waals surface area contributed by atoms with Crippen molar-refractivity contribution in [3.05, 3.63) is 105 Å². The number of ketones is 1.